The molecule has 0 radical (unpaired) electrons. The van der Waals surface area contributed by atoms with Gasteiger partial charge in [-0.2, -0.15) is 16.3 Å². The topological polar surface area (TPSA) is 75.3 Å². The van der Waals surface area contributed by atoms with Crippen LogP contribution in [0.3, 0.4) is 0 Å². The summed E-state index contributed by atoms with van der Waals surface area (Å²) < 4.78 is 5.08. The highest BCUT2D eigenvalue weighted by molar-refractivity contribution is 7.07. The molecule has 2 N–H and O–H groups in total. The lowest BCUT2D eigenvalue weighted by Gasteiger charge is -2.10. The van der Waals surface area contributed by atoms with Crippen LogP contribution >= 0.6 is 11.3 Å². The first-order chi connectivity index (χ1) is 10.3. The molecule has 0 aliphatic carbocycles. The van der Waals surface area contributed by atoms with E-state index in [2.05, 4.69) is 49.5 Å². The summed E-state index contributed by atoms with van der Waals surface area (Å²) in [6, 6.07) is 2.09. The molecule has 0 saturated heterocycles. The van der Waals surface area contributed by atoms with E-state index in [1.165, 1.54) is 5.56 Å². The highest BCUT2D eigenvalue weighted by Gasteiger charge is 2.02. The molecule has 0 aromatic carbocycles. The van der Waals surface area contributed by atoms with Gasteiger partial charge in [-0.15, -0.1) is 0 Å². The highest BCUT2D eigenvalue weighted by Crippen LogP contribution is 2.06. The fraction of sp³-hybridized carbons (Fsp3) is 0.500. The van der Waals surface area contributed by atoms with Crippen LogP contribution in [-0.2, 0) is 13.0 Å². The molecule has 0 bridgehead atoms. The van der Waals surface area contributed by atoms with E-state index in [0.29, 0.717) is 18.3 Å². The van der Waals surface area contributed by atoms with Crippen molar-refractivity contribution in [2.45, 2.75) is 33.2 Å². The van der Waals surface area contributed by atoms with Gasteiger partial charge in [-0.3, -0.25) is 0 Å². The van der Waals surface area contributed by atoms with Crippen LogP contribution in [0.1, 0.15) is 30.6 Å². The zero-order valence-electron chi connectivity index (χ0n) is 12.4. The minimum atomic E-state index is 0.684. The van der Waals surface area contributed by atoms with E-state index in [-0.39, 0.29) is 0 Å². The Morgan fingerprint density at radius 2 is 2.33 bits per heavy atom. The van der Waals surface area contributed by atoms with Crippen LogP contribution in [0.5, 0.6) is 0 Å². The summed E-state index contributed by atoms with van der Waals surface area (Å²) in [5.74, 6) is 2.21. The number of hydrogen-bond donors (Lipinski definition) is 2. The molecule has 0 atom stereocenters. The maximum absolute atomic E-state index is 5.08. The summed E-state index contributed by atoms with van der Waals surface area (Å²) in [5, 5.41) is 14.5. The first-order valence-corrected chi connectivity index (χ1v) is 8.04. The number of nitrogens with zero attached hydrogens (tertiary/aromatic N) is 3. The number of thiophene rings is 1. The quantitative estimate of drug-likeness (QED) is 0.465. The number of rotatable bonds is 7. The van der Waals surface area contributed by atoms with Gasteiger partial charge in [0.05, 0.1) is 6.54 Å². The Labute approximate surface area is 128 Å². The minimum Gasteiger partial charge on any atom is -0.357 e. The minimum absolute atomic E-state index is 0.684. The summed E-state index contributed by atoms with van der Waals surface area (Å²) in [6.45, 7) is 6.24. The second kappa shape index (κ2) is 8.41. The van der Waals surface area contributed by atoms with Gasteiger partial charge in [0.2, 0.25) is 5.89 Å². The number of nitrogens with one attached hydrogen (secondary N) is 2. The molecule has 6 nitrogen and oxygen atoms in total. The Balaban J connectivity index is 1.73. The van der Waals surface area contributed by atoms with Crippen LogP contribution in [0, 0.1) is 6.92 Å². The van der Waals surface area contributed by atoms with Gasteiger partial charge in [0.15, 0.2) is 11.8 Å². The van der Waals surface area contributed by atoms with Crippen molar-refractivity contribution in [1.29, 1.82) is 0 Å². The van der Waals surface area contributed by atoms with E-state index in [1.807, 2.05) is 6.92 Å². The van der Waals surface area contributed by atoms with Crippen molar-refractivity contribution in [2.24, 2.45) is 4.99 Å². The Bertz CT molecular complexity index is 549. The van der Waals surface area contributed by atoms with Crippen LogP contribution in [0.4, 0.5) is 0 Å². The number of guanidine groups is 1. The number of aliphatic imine (C=N–C) groups is 1. The van der Waals surface area contributed by atoms with Crippen molar-refractivity contribution in [1.82, 2.24) is 20.8 Å². The van der Waals surface area contributed by atoms with Gasteiger partial charge >= 0.3 is 0 Å². The normalized spacial score (nSPS) is 11.6. The van der Waals surface area contributed by atoms with Gasteiger partial charge in [-0.05, 0) is 42.7 Å². The molecule has 2 aromatic heterocycles. The van der Waals surface area contributed by atoms with Crippen molar-refractivity contribution < 1.29 is 4.52 Å². The molecule has 7 heteroatoms. The van der Waals surface area contributed by atoms with E-state index >= 15 is 0 Å². The van der Waals surface area contributed by atoms with Crippen molar-refractivity contribution in [2.75, 3.05) is 13.1 Å². The third-order valence-corrected chi connectivity index (χ3v) is 3.51. The maximum Gasteiger partial charge on any atom is 0.226 e. The molecule has 0 aliphatic heterocycles. The average Bonchev–Trinajstić information content (AvgIpc) is 3.12. The van der Waals surface area contributed by atoms with Crippen molar-refractivity contribution in [3.63, 3.8) is 0 Å². The maximum atomic E-state index is 5.08. The smallest absolute Gasteiger partial charge is 0.226 e. The fourth-order valence-corrected chi connectivity index (χ4v) is 2.44. The first-order valence-electron chi connectivity index (χ1n) is 7.10. The second-order valence-electron chi connectivity index (χ2n) is 4.59. The molecule has 114 valence electrons. The molecular formula is C14H21N5OS. The second-order valence-corrected chi connectivity index (χ2v) is 5.37. The number of aryl methyl sites for hydroxylation is 2. The highest BCUT2D eigenvalue weighted by atomic mass is 32.1. The fourth-order valence-electron chi connectivity index (χ4n) is 1.78. The van der Waals surface area contributed by atoms with Crippen LogP contribution in [0.25, 0.3) is 0 Å². The molecule has 0 fully saturated rings. The summed E-state index contributed by atoms with van der Waals surface area (Å²) >= 11 is 1.69. The average molecular weight is 307 g/mol. The lowest BCUT2D eigenvalue weighted by atomic mass is 10.3. The predicted octanol–water partition coefficient (Wildman–Crippen LogP) is 2.13. The molecule has 2 heterocycles. The van der Waals surface area contributed by atoms with Gasteiger partial charge in [0.1, 0.15) is 0 Å². The molecule has 0 spiro atoms. The molecular weight excluding hydrogens is 286 g/mol. The first kappa shape index (κ1) is 15.5. The van der Waals surface area contributed by atoms with Crippen LogP contribution in [0.2, 0.25) is 0 Å². The molecule has 2 rings (SSSR count). The number of hydrogen-bond acceptors (Lipinski definition) is 5. The SMILES string of the molecule is CCNC(=NCc1ccsc1)NCCCc1nc(C)no1. The van der Waals surface area contributed by atoms with Crippen LogP contribution in [0.15, 0.2) is 26.3 Å². The summed E-state index contributed by atoms with van der Waals surface area (Å²) in [6.07, 6.45) is 1.70. The lowest BCUT2D eigenvalue weighted by Crippen LogP contribution is -2.37. The number of aromatic nitrogens is 2. The molecule has 0 aliphatic rings. The van der Waals surface area contributed by atoms with Crippen molar-refractivity contribution in [3.8, 4) is 0 Å². The van der Waals surface area contributed by atoms with E-state index in [1.54, 1.807) is 11.3 Å². The van der Waals surface area contributed by atoms with Gasteiger partial charge in [-0.25, -0.2) is 4.99 Å². The molecule has 0 unspecified atom stereocenters. The van der Waals surface area contributed by atoms with Crippen LogP contribution < -0.4 is 10.6 Å². The standard InChI is InChI=1S/C14H21N5OS/c1-3-15-14(17-9-12-6-8-21-10-12)16-7-4-5-13-18-11(2)19-20-13/h6,8,10H,3-5,7,9H2,1-2H3,(H2,15,16,17). The Morgan fingerprint density at radius 1 is 1.43 bits per heavy atom. The third kappa shape index (κ3) is 5.55. The zero-order valence-corrected chi connectivity index (χ0v) is 13.2. The summed E-state index contributed by atoms with van der Waals surface area (Å²) in [5.41, 5.74) is 1.23. The van der Waals surface area contributed by atoms with Gasteiger partial charge in [0.25, 0.3) is 0 Å². The predicted molar refractivity (Wildman–Crippen MR) is 84.5 cm³/mol. The van der Waals surface area contributed by atoms with Gasteiger partial charge < -0.3 is 15.2 Å². The molecule has 0 saturated carbocycles. The Morgan fingerprint density at radius 3 is 3.00 bits per heavy atom. The monoisotopic (exact) mass is 307 g/mol. The Kier molecular flexibility index (Phi) is 6.21. The van der Waals surface area contributed by atoms with Gasteiger partial charge in [-0.1, -0.05) is 5.16 Å². The van der Waals surface area contributed by atoms with Crippen molar-refractivity contribution >= 4 is 17.3 Å². The molecule has 21 heavy (non-hydrogen) atoms. The van der Waals surface area contributed by atoms with E-state index in [9.17, 15) is 0 Å². The van der Waals surface area contributed by atoms with E-state index < -0.39 is 0 Å². The van der Waals surface area contributed by atoms with E-state index in [4.69, 9.17) is 4.52 Å². The zero-order chi connectivity index (χ0) is 14.9. The molecule has 0 amide bonds. The summed E-state index contributed by atoms with van der Waals surface area (Å²) in [4.78, 5) is 8.74. The summed E-state index contributed by atoms with van der Waals surface area (Å²) in [7, 11) is 0. The van der Waals surface area contributed by atoms with Gasteiger partial charge in [0, 0.05) is 19.5 Å². The van der Waals surface area contributed by atoms with Crippen LogP contribution in [-0.4, -0.2) is 29.2 Å². The van der Waals surface area contributed by atoms with E-state index in [0.717, 1.165) is 31.9 Å². The largest absolute Gasteiger partial charge is 0.357 e. The molecule has 2 aromatic rings. The third-order valence-electron chi connectivity index (χ3n) is 2.77. The lowest BCUT2D eigenvalue weighted by molar-refractivity contribution is 0.372. The van der Waals surface area contributed by atoms with Crippen molar-refractivity contribution in [3.05, 3.63) is 34.1 Å². The Hall–Kier alpha value is -1.89.